The Morgan fingerprint density at radius 3 is 2.50 bits per heavy atom. The fourth-order valence-corrected chi connectivity index (χ4v) is 4.97. The second kappa shape index (κ2) is 5.16. The number of alkyl halides is 1. The molecule has 0 aromatic carbocycles. The Hall–Kier alpha value is 0.0900. The predicted octanol–water partition coefficient (Wildman–Crippen LogP) is 2.90. The van der Waals surface area contributed by atoms with Gasteiger partial charge in [0.1, 0.15) is 4.21 Å². The van der Waals surface area contributed by atoms with Crippen LogP contribution < -0.4 is 4.72 Å². The van der Waals surface area contributed by atoms with Gasteiger partial charge in [0.15, 0.2) is 0 Å². The second-order valence-corrected chi connectivity index (χ2v) is 8.28. The summed E-state index contributed by atoms with van der Waals surface area (Å²) in [5.74, 6) is 0. The Labute approximate surface area is 109 Å². The summed E-state index contributed by atoms with van der Waals surface area (Å²) in [5.41, 5.74) is -0.430. The third-order valence-electron chi connectivity index (χ3n) is 2.11. The fraction of sp³-hybridized carbons (Fsp3) is 0.600. The van der Waals surface area contributed by atoms with E-state index in [1.165, 1.54) is 11.3 Å². The van der Waals surface area contributed by atoms with Gasteiger partial charge in [-0.3, -0.25) is 0 Å². The van der Waals surface area contributed by atoms with E-state index in [2.05, 4.69) is 20.7 Å². The van der Waals surface area contributed by atoms with Crippen LogP contribution in [0.25, 0.3) is 0 Å². The van der Waals surface area contributed by atoms with Gasteiger partial charge in [-0.15, -0.1) is 11.3 Å². The lowest BCUT2D eigenvalue weighted by atomic mass is 10.0. The molecule has 1 heterocycles. The molecule has 1 aromatic rings. The average molecular weight is 326 g/mol. The van der Waals surface area contributed by atoms with E-state index in [9.17, 15) is 8.42 Å². The molecule has 0 saturated carbocycles. The van der Waals surface area contributed by atoms with Gasteiger partial charge in [-0.25, -0.2) is 13.1 Å². The number of nitrogens with one attached hydrogen (secondary N) is 1. The quantitative estimate of drug-likeness (QED) is 0.846. The molecule has 0 aliphatic rings. The summed E-state index contributed by atoms with van der Waals surface area (Å²) in [6.45, 7) is 5.66. The number of hydrogen-bond acceptors (Lipinski definition) is 3. The van der Waals surface area contributed by atoms with Crippen LogP contribution in [0.4, 0.5) is 0 Å². The van der Waals surface area contributed by atoms with Crippen molar-refractivity contribution < 1.29 is 8.42 Å². The molecular formula is C10H16BrNO2S2. The van der Waals surface area contributed by atoms with Gasteiger partial charge in [-0.2, -0.15) is 0 Å². The maximum absolute atomic E-state index is 12.0. The van der Waals surface area contributed by atoms with E-state index in [4.69, 9.17) is 0 Å². The largest absolute Gasteiger partial charge is 0.250 e. The lowest BCUT2D eigenvalue weighted by Gasteiger charge is -2.24. The second-order valence-electron chi connectivity index (χ2n) is 4.29. The van der Waals surface area contributed by atoms with E-state index in [1.807, 2.05) is 26.8 Å². The van der Waals surface area contributed by atoms with Crippen molar-refractivity contribution in [2.75, 3.05) is 5.33 Å². The monoisotopic (exact) mass is 325 g/mol. The number of sulfonamides is 1. The zero-order chi connectivity index (χ0) is 12.4. The highest BCUT2D eigenvalue weighted by Crippen LogP contribution is 2.23. The number of halogens is 1. The van der Waals surface area contributed by atoms with E-state index < -0.39 is 15.6 Å². The first kappa shape index (κ1) is 14.2. The maximum Gasteiger partial charge on any atom is 0.250 e. The Morgan fingerprint density at radius 1 is 1.44 bits per heavy atom. The Balaban J connectivity index is 2.88. The van der Waals surface area contributed by atoms with E-state index in [0.29, 0.717) is 4.21 Å². The van der Waals surface area contributed by atoms with Crippen LogP contribution in [0, 0.1) is 6.92 Å². The smallest absolute Gasteiger partial charge is 0.206 e. The number of hydrogen-bond donors (Lipinski definition) is 1. The molecule has 0 aliphatic heterocycles. The van der Waals surface area contributed by atoms with Crippen LogP contribution in [0.1, 0.15) is 25.1 Å². The van der Waals surface area contributed by atoms with Crippen molar-refractivity contribution in [2.45, 2.75) is 36.9 Å². The van der Waals surface area contributed by atoms with Crippen molar-refractivity contribution in [3.8, 4) is 0 Å². The number of aryl methyl sites for hydroxylation is 1. The molecule has 0 saturated heterocycles. The zero-order valence-electron chi connectivity index (χ0n) is 9.58. The van der Waals surface area contributed by atoms with Gasteiger partial charge in [0, 0.05) is 15.7 Å². The molecule has 0 aliphatic carbocycles. The average Bonchev–Trinajstić information content (AvgIpc) is 2.49. The summed E-state index contributed by atoms with van der Waals surface area (Å²) in [7, 11) is -3.37. The van der Waals surface area contributed by atoms with Gasteiger partial charge in [-0.1, -0.05) is 15.9 Å². The highest BCUT2D eigenvalue weighted by Gasteiger charge is 2.26. The lowest BCUT2D eigenvalue weighted by Crippen LogP contribution is -2.43. The number of thiophene rings is 1. The molecule has 0 bridgehead atoms. The van der Waals surface area contributed by atoms with Crippen molar-refractivity contribution >= 4 is 37.3 Å². The van der Waals surface area contributed by atoms with Crippen molar-refractivity contribution in [1.82, 2.24) is 4.72 Å². The van der Waals surface area contributed by atoms with Crippen LogP contribution in [-0.2, 0) is 10.0 Å². The molecule has 6 heteroatoms. The molecule has 0 amide bonds. The fourth-order valence-electron chi connectivity index (χ4n) is 1.26. The molecule has 1 rings (SSSR count). The molecule has 0 fully saturated rings. The lowest BCUT2D eigenvalue weighted by molar-refractivity contribution is 0.444. The molecule has 1 N–H and O–H groups in total. The Bertz CT molecular complexity index is 451. The van der Waals surface area contributed by atoms with Gasteiger partial charge in [0.25, 0.3) is 10.0 Å². The highest BCUT2D eigenvalue weighted by molar-refractivity contribution is 9.09. The minimum absolute atomic E-state index is 0.382. The predicted molar refractivity (Wildman–Crippen MR) is 71.9 cm³/mol. The third kappa shape index (κ3) is 3.84. The van der Waals surface area contributed by atoms with Crippen LogP contribution in [0.5, 0.6) is 0 Å². The third-order valence-corrected chi connectivity index (χ3v) is 5.70. The van der Waals surface area contributed by atoms with Crippen LogP contribution in [0.2, 0.25) is 0 Å². The van der Waals surface area contributed by atoms with Gasteiger partial charge in [0.05, 0.1) is 0 Å². The first-order valence-corrected chi connectivity index (χ1v) is 8.35. The zero-order valence-corrected chi connectivity index (χ0v) is 12.8. The van der Waals surface area contributed by atoms with Crippen molar-refractivity contribution in [2.24, 2.45) is 0 Å². The standard InChI is InChI=1S/C10H16BrNO2S2/c1-8-4-5-9(15-8)16(13,14)12-10(2,3)6-7-11/h4-5,12H,6-7H2,1-3H3. The topological polar surface area (TPSA) is 46.2 Å². The minimum atomic E-state index is -3.37. The van der Waals surface area contributed by atoms with Crippen molar-refractivity contribution in [3.63, 3.8) is 0 Å². The summed E-state index contributed by atoms with van der Waals surface area (Å²) < 4.78 is 27.1. The molecule has 92 valence electrons. The summed E-state index contributed by atoms with van der Waals surface area (Å²) in [4.78, 5) is 0.999. The van der Waals surface area contributed by atoms with E-state index in [0.717, 1.165) is 16.6 Å². The first-order chi connectivity index (χ1) is 7.27. The van der Waals surface area contributed by atoms with E-state index in [-0.39, 0.29) is 0 Å². The number of rotatable bonds is 5. The summed E-state index contributed by atoms with van der Waals surface area (Å²) in [6, 6.07) is 3.46. The van der Waals surface area contributed by atoms with Gasteiger partial charge in [-0.05, 0) is 39.3 Å². The molecule has 3 nitrogen and oxygen atoms in total. The maximum atomic E-state index is 12.0. The van der Waals surface area contributed by atoms with Crippen LogP contribution in [-0.4, -0.2) is 19.3 Å². The Morgan fingerprint density at radius 2 is 2.06 bits per heavy atom. The summed E-state index contributed by atoms with van der Waals surface area (Å²) in [5, 5.41) is 0.770. The van der Waals surface area contributed by atoms with Gasteiger partial charge in [0.2, 0.25) is 0 Å². The molecule has 16 heavy (non-hydrogen) atoms. The Kier molecular flexibility index (Phi) is 4.57. The van der Waals surface area contributed by atoms with Gasteiger partial charge < -0.3 is 0 Å². The van der Waals surface area contributed by atoms with Crippen LogP contribution >= 0.6 is 27.3 Å². The first-order valence-electron chi connectivity index (χ1n) is 4.93. The van der Waals surface area contributed by atoms with Crippen LogP contribution in [0.15, 0.2) is 16.3 Å². The van der Waals surface area contributed by atoms with E-state index >= 15 is 0 Å². The summed E-state index contributed by atoms with van der Waals surface area (Å²) >= 11 is 4.61. The van der Waals surface area contributed by atoms with E-state index in [1.54, 1.807) is 6.07 Å². The van der Waals surface area contributed by atoms with Crippen molar-refractivity contribution in [1.29, 1.82) is 0 Å². The molecule has 0 atom stereocenters. The normalized spacial score (nSPS) is 13.0. The molecule has 0 unspecified atom stereocenters. The molecular weight excluding hydrogens is 310 g/mol. The minimum Gasteiger partial charge on any atom is -0.206 e. The summed E-state index contributed by atoms with van der Waals surface area (Å²) in [6.07, 6.45) is 0.747. The molecule has 0 radical (unpaired) electrons. The molecule has 0 spiro atoms. The highest BCUT2D eigenvalue weighted by atomic mass is 79.9. The van der Waals surface area contributed by atoms with Gasteiger partial charge >= 0.3 is 0 Å². The van der Waals surface area contributed by atoms with Crippen molar-refractivity contribution in [3.05, 3.63) is 17.0 Å². The van der Waals surface area contributed by atoms with Crippen LogP contribution in [0.3, 0.4) is 0 Å². The molecule has 1 aromatic heterocycles. The SMILES string of the molecule is Cc1ccc(S(=O)(=O)NC(C)(C)CCBr)s1.